The van der Waals surface area contributed by atoms with Gasteiger partial charge in [-0.15, -0.1) is 0 Å². The molecule has 0 unspecified atom stereocenters. The zero-order valence-corrected chi connectivity index (χ0v) is 18.2. The second-order valence-electron chi connectivity index (χ2n) is 7.71. The summed E-state index contributed by atoms with van der Waals surface area (Å²) in [5.41, 5.74) is 3.73. The predicted octanol–water partition coefficient (Wildman–Crippen LogP) is 5.48. The molecule has 4 rings (SSSR count). The molecule has 0 radical (unpaired) electrons. The molecule has 0 aliphatic rings. The van der Waals surface area contributed by atoms with E-state index in [1.165, 1.54) is 6.07 Å². The molecule has 0 bridgehead atoms. The smallest absolute Gasteiger partial charge is 0.220 e. The minimum absolute atomic E-state index is 0.0118. The molecule has 32 heavy (non-hydrogen) atoms. The topological polar surface area (TPSA) is 43.3 Å². The van der Waals surface area contributed by atoms with Crippen LogP contribution in [0, 0.1) is 5.82 Å². The van der Waals surface area contributed by atoms with E-state index < -0.39 is 0 Å². The van der Waals surface area contributed by atoms with Gasteiger partial charge in [-0.2, -0.15) is 0 Å². The number of fused-ring (bicyclic) bond motifs is 1. The Hall–Kier alpha value is -3.60. The van der Waals surface area contributed by atoms with Crippen molar-refractivity contribution in [2.24, 2.45) is 0 Å². The van der Waals surface area contributed by atoms with Crippen LogP contribution in [-0.4, -0.2) is 17.1 Å². The van der Waals surface area contributed by atoms with E-state index in [0.717, 1.165) is 27.8 Å². The molecule has 1 N–H and O–H groups in total. The van der Waals surface area contributed by atoms with Gasteiger partial charge in [0, 0.05) is 41.2 Å². The lowest BCUT2D eigenvalue weighted by atomic mass is 10.1. The number of nitrogens with zero attached hydrogens (tertiary/aromatic N) is 1. The number of nitrogens with one attached hydrogen (secondary N) is 1. The van der Waals surface area contributed by atoms with Crippen LogP contribution in [0.15, 0.2) is 79.0 Å². The minimum atomic E-state index is -0.210. The van der Waals surface area contributed by atoms with Gasteiger partial charge in [0.15, 0.2) is 0 Å². The second kappa shape index (κ2) is 10.1. The Kier molecular flexibility index (Phi) is 6.85. The highest BCUT2D eigenvalue weighted by Crippen LogP contribution is 2.24. The third-order valence-corrected chi connectivity index (χ3v) is 5.54. The lowest BCUT2D eigenvalue weighted by molar-refractivity contribution is -0.121. The second-order valence-corrected chi connectivity index (χ2v) is 7.71. The predicted molar refractivity (Wildman–Crippen MR) is 125 cm³/mol. The molecule has 164 valence electrons. The van der Waals surface area contributed by atoms with Crippen molar-refractivity contribution in [2.75, 3.05) is 6.61 Å². The largest absolute Gasteiger partial charge is 0.494 e. The summed E-state index contributed by atoms with van der Waals surface area (Å²) in [7, 11) is 0. The van der Waals surface area contributed by atoms with Crippen molar-refractivity contribution in [1.29, 1.82) is 0 Å². The van der Waals surface area contributed by atoms with Gasteiger partial charge >= 0.3 is 0 Å². The highest BCUT2D eigenvalue weighted by molar-refractivity contribution is 5.85. The van der Waals surface area contributed by atoms with Gasteiger partial charge in [0.05, 0.1) is 13.2 Å². The summed E-state index contributed by atoms with van der Waals surface area (Å²) in [4.78, 5) is 12.5. The molecule has 4 aromatic rings. The van der Waals surface area contributed by atoms with Crippen molar-refractivity contribution in [2.45, 2.75) is 32.9 Å². The van der Waals surface area contributed by atoms with Crippen molar-refractivity contribution >= 4 is 16.8 Å². The third kappa shape index (κ3) is 4.99. The van der Waals surface area contributed by atoms with Gasteiger partial charge in [-0.05, 0) is 37.1 Å². The molecule has 0 saturated carbocycles. The number of aryl methyl sites for hydroxylation is 1. The summed E-state index contributed by atoms with van der Waals surface area (Å²) >= 11 is 0. The SMILES string of the molecule is CCOc1ccccc1CNC(=O)CCc1cn(Cc2ccccc2F)c2ccccc12. The number of hydrogen-bond acceptors (Lipinski definition) is 2. The summed E-state index contributed by atoms with van der Waals surface area (Å²) in [6.45, 7) is 3.41. The number of benzene rings is 3. The van der Waals surface area contributed by atoms with Gasteiger partial charge in [0.1, 0.15) is 11.6 Å². The van der Waals surface area contributed by atoms with Gasteiger partial charge in [-0.1, -0.05) is 54.6 Å². The number of rotatable bonds is 9. The maximum Gasteiger partial charge on any atom is 0.220 e. The normalized spacial score (nSPS) is 10.9. The van der Waals surface area contributed by atoms with Gasteiger partial charge < -0.3 is 14.6 Å². The van der Waals surface area contributed by atoms with Crippen LogP contribution >= 0.6 is 0 Å². The summed E-state index contributed by atoms with van der Waals surface area (Å²) in [5, 5.41) is 4.09. The van der Waals surface area contributed by atoms with E-state index in [-0.39, 0.29) is 11.7 Å². The van der Waals surface area contributed by atoms with Crippen LogP contribution < -0.4 is 10.1 Å². The lowest BCUT2D eigenvalue weighted by Crippen LogP contribution is -2.23. The average molecular weight is 431 g/mol. The summed E-state index contributed by atoms with van der Waals surface area (Å²) < 4.78 is 21.8. The Morgan fingerprint density at radius 1 is 0.938 bits per heavy atom. The molecule has 0 aliphatic carbocycles. The Morgan fingerprint density at radius 3 is 2.47 bits per heavy atom. The van der Waals surface area contributed by atoms with Crippen molar-refractivity contribution < 1.29 is 13.9 Å². The summed E-state index contributed by atoms with van der Waals surface area (Å²) in [5.74, 6) is 0.576. The quantitative estimate of drug-likeness (QED) is 0.382. The van der Waals surface area contributed by atoms with Crippen molar-refractivity contribution in [3.63, 3.8) is 0 Å². The van der Waals surface area contributed by atoms with Crippen LogP contribution in [-0.2, 0) is 24.3 Å². The molecule has 0 atom stereocenters. The van der Waals surface area contributed by atoms with E-state index >= 15 is 0 Å². The molecule has 1 heterocycles. The van der Waals surface area contributed by atoms with E-state index in [4.69, 9.17) is 4.74 Å². The van der Waals surface area contributed by atoms with Crippen LogP contribution in [0.5, 0.6) is 5.75 Å². The van der Waals surface area contributed by atoms with Gasteiger partial charge in [-0.25, -0.2) is 4.39 Å². The van der Waals surface area contributed by atoms with Crippen LogP contribution in [0.3, 0.4) is 0 Å². The van der Waals surface area contributed by atoms with E-state index in [1.54, 1.807) is 12.1 Å². The third-order valence-electron chi connectivity index (χ3n) is 5.54. The first-order valence-electron chi connectivity index (χ1n) is 10.9. The lowest BCUT2D eigenvalue weighted by Gasteiger charge is -2.11. The standard InChI is InChI=1S/C27H27FN2O2/c1-2-32-26-14-8-4-9-20(26)17-29-27(31)16-15-21-18-30(25-13-7-5-11-23(21)25)19-22-10-3-6-12-24(22)28/h3-14,18H,2,15-17,19H2,1H3,(H,29,31). The highest BCUT2D eigenvalue weighted by atomic mass is 19.1. The first-order chi connectivity index (χ1) is 15.7. The number of hydrogen-bond donors (Lipinski definition) is 1. The van der Waals surface area contributed by atoms with Gasteiger partial charge in [-0.3, -0.25) is 4.79 Å². The maximum atomic E-state index is 14.2. The maximum absolute atomic E-state index is 14.2. The van der Waals surface area contributed by atoms with E-state index in [1.807, 2.05) is 61.7 Å². The molecular formula is C27H27FN2O2. The van der Waals surface area contributed by atoms with E-state index in [0.29, 0.717) is 38.1 Å². The van der Waals surface area contributed by atoms with Crippen molar-refractivity contribution in [3.8, 4) is 5.75 Å². The molecule has 0 saturated heterocycles. The fraction of sp³-hybridized carbons (Fsp3) is 0.222. The molecule has 5 heteroatoms. The number of halogens is 1. The monoisotopic (exact) mass is 430 g/mol. The molecule has 0 fully saturated rings. The zero-order chi connectivity index (χ0) is 22.3. The zero-order valence-electron chi connectivity index (χ0n) is 18.2. The fourth-order valence-corrected chi connectivity index (χ4v) is 3.94. The number of carbonyl (C=O) groups is 1. The minimum Gasteiger partial charge on any atom is -0.494 e. The van der Waals surface area contributed by atoms with Gasteiger partial charge in [0.25, 0.3) is 0 Å². The number of ether oxygens (including phenoxy) is 1. The number of para-hydroxylation sites is 2. The Morgan fingerprint density at radius 2 is 1.66 bits per heavy atom. The molecule has 0 spiro atoms. The number of amides is 1. The summed E-state index contributed by atoms with van der Waals surface area (Å²) in [6, 6.07) is 22.6. The van der Waals surface area contributed by atoms with Crippen LogP contribution in [0.2, 0.25) is 0 Å². The van der Waals surface area contributed by atoms with E-state index in [9.17, 15) is 9.18 Å². The molecule has 3 aromatic carbocycles. The summed E-state index contributed by atoms with van der Waals surface area (Å²) in [6.07, 6.45) is 3.03. The average Bonchev–Trinajstić information content (AvgIpc) is 3.16. The molecule has 4 nitrogen and oxygen atoms in total. The Labute approximate surface area is 187 Å². The molecule has 1 aromatic heterocycles. The Balaban J connectivity index is 1.43. The van der Waals surface area contributed by atoms with Crippen LogP contribution in [0.1, 0.15) is 30.0 Å². The molecule has 1 amide bonds. The van der Waals surface area contributed by atoms with E-state index in [2.05, 4.69) is 16.0 Å². The first kappa shape index (κ1) is 21.6. The highest BCUT2D eigenvalue weighted by Gasteiger charge is 2.12. The van der Waals surface area contributed by atoms with Crippen LogP contribution in [0.4, 0.5) is 4.39 Å². The Bertz CT molecular complexity index is 1220. The molecule has 0 aliphatic heterocycles. The van der Waals surface area contributed by atoms with Crippen molar-refractivity contribution in [1.82, 2.24) is 9.88 Å². The van der Waals surface area contributed by atoms with Crippen molar-refractivity contribution in [3.05, 3.63) is 102 Å². The molecular weight excluding hydrogens is 403 g/mol. The number of aromatic nitrogens is 1. The fourth-order valence-electron chi connectivity index (χ4n) is 3.94. The first-order valence-corrected chi connectivity index (χ1v) is 10.9. The number of carbonyl (C=O) groups excluding carboxylic acids is 1. The van der Waals surface area contributed by atoms with Gasteiger partial charge in [0.2, 0.25) is 5.91 Å². The van der Waals surface area contributed by atoms with Crippen LogP contribution in [0.25, 0.3) is 10.9 Å².